The normalized spacial score (nSPS) is 23.2. The lowest BCUT2D eigenvalue weighted by Gasteiger charge is -2.36. The number of hydrogen-bond acceptors (Lipinski definition) is 4. The van der Waals surface area contributed by atoms with Crippen LogP contribution < -0.4 is 10.6 Å². The molecule has 0 saturated carbocycles. The van der Waals surface area contributed by atoms with Crippen molar-refractivity contribution in [2.24, 2.45) is 0 Å². The third-order valence-corrected chi connectivity index (χ3v) is 5.43. The molecule has 1 aromatic heterocycles. The molecule has 1 saturated heterocycles. The van der Waals surface area contributed by atoms with Gasteiger partial charge in [0.2, 0.25) is 5.91 Å². The van der Waals surface area contributed by atoms with Crippen molar-refractivity contribution >= 4 is 5.91 Å². The van der Waals surface area contributed by atoms with E-state index in [2.05, 4.69) is 44.8 Å². The number of nitrogens with zero attached hydrogens (tertiary/aromatic N) is 2. The number of fused-ring (bicyclic) bond motifs is 1. The number of carbonyl (C=O) groups is 1. The number of rotatable bonds is 4. The van der Waals surface area contributed by atoms with Gasteiger partial charge in [0.1, 0.15) is 6.04 Å². The maximum absolute atomic E-state index is 13.1. The molecule has 0 radical (unpaired) electrons. The Labute approximate surface area is 154 Å². The molecule has 1 fully saturated rings. The highest BCUT2D eigenvalue weighted by Gasteiger charge is 2.31. The van der Waals surface area contributed by atoms with Crippen LogP contribution in [0.15, 0.2) is 48.7 Å². The molecule has 0 spiro atoms. The van der Waals surface area contributed by atoms with Crippen LogP contribution in [0.5, 0.6) is 0 Å². The standard InChI is InChI=1S/C21H26N4O/c26-21(24-19-10-5-7-16-6-1-2-9-18(16)19)20-14-22-12-13-25(20)15-17-8-3-4-11-23-17/h1-4,6,8-9,11,19-20,22H,5,7,10,12-15H2,(H,24,26). The second-order valence-corrected chi connectivity index (χ2v) is 7.16. The Hall–Kier alpha value is -2.24. The first-order valence-corrected chi connectivity index (χ1v) is 9.54. The number of pyridine rings is 1. The molecule has 5 heteroatoms. The Morgan fingerprint density at radius 3 is 3.00 bits per heavy atom. The summed E-state index contributed by atoms with van der Waals surface area (Å²) in [7, 11) is 0. The van der Waals surface area contributed by atoms with Gasteiger partial charge < -0.3 is 10.6 Å². The fourth-order valence-electron chi connectivity index (χ4n) is 4.07. The average Bonchev–Trinajstić information content (AvgIpc) is 2.69. The molecule has 4 rings (SSSR count). The van der Waals surface area contributed by atoms with Crippen molar-refractivity contribution in [1.29, 1.82) is 0 Å². The molecule has 2 unspecified atom stereocenters. The summed E-state index contributed by atoms with van der Waals surface area (Å²) in [6.45, 7) is 3.16. The van der Waals surface area contributed by atoms with Crippen LogP contribution >= 0.6 is 0 Å². The Bertz CT molecular complexity index is 749. The average molecular weight is 350 g/mol. The number of benzene rings is 1. The lowest BCUT2D eigenvalue weighted by molar-refractivity contribution is -0.128. The highest BCUT2D eigenvalue weighted by molar-refractivity contribution is 5.82. The van der Waals surface area contributed by atoms with E-state index in [1.807, 2.05) is 24.4 Å². The summed E-state index contributed by atoms with van der Waals surface area (Å²) in [5, 5.41) is 6.68. The van der Waals surface area contributed by atoms with Crippen molar-refractivity contribution in [3.8, 4) is 0 Å². The Balaban J connectivity index is 1.46. The topological polar surface area (TPSA) is 57.3 Å². The van der Waals surface area contributed by atoms with E-state index in [1.165, 1.54) is 11.1 Å². The lowest BCUT2D eigenvalue weighted by Crippen LogP contribution is -2.57. The fourth-order valence-corrected chi connectivity index (χ4v) is 4.07. The van der Waals surface area contributed by atoms with Crippen molar-refractivity contribution in [3.63, 3.8) is 0 Å². The molecule has 2 heterocycles. The first-order valence-electron chi connectivity index (χ1n) is 9.54. The Kier molecular flexibility index (Phi) is 5.27. The SMILES string of the molecule is O=C(NC1CCCc2ccccc21)C1CNCCN1Cc1ccccn1. The van der Waals surface area contributed by atoms with Crippen LogP contribution in [-0.2, 0) is 17.8 Å². The first-order chi connectivity index (χ1) is 12.8. The Morgan fingerprint density at radius 1 is 1.23 bits per heavy atom. The highest BCUT2D eigenvalue weighted by atomic mass is 16.2. The van der Waals surface area contributed by atoms with E-state index in [9.17, 15) is 4.79 Å². The van der Waals surface area contributed by atoms with Gasteiger partial charge in [-0.2, -0.15) is 0 Å². The lowest BCUT2D eigenvalue weighted by atomic mass is 9.87. The van der Waals surface area contributed by atoms with Crippen LogP contribution in [0.4, 0.5) is 0 Å². The van der Waals surface area contributed by atoms with Crippen LogP contribution in [0.1, 0.15) is 35.7 Å². The summed E-state index contributed by atoms with van der Waals surface area (Å²) < 4.78 is 0. The Morgan fingerprint density at radius 2 is 2.12 bits per heavy atom. The summed E-state index contributed by atoms with van der Waals surface area (Å²) in [5.74, 6) is 0.120. The third kappa shape index (κ3) is 3.79. The number of amides is 1. The van der Waals surface area contributed by atoms with Crippen molar-refractivity contribution < 1.29 is 4.79 Å². The zero-order chi connectivity index (χ0) is 17.8. The highest BCUT2D eigenvalue weighted by Crippen LogP contribution is 2.29. The minimum absolute atomic E-state index is 0.120. The van der Waals surface area contributed by atoms with Gasteiger partial charge in [0.25, 0.3) is 0 Å². The number of piperazine rings is 1. The summed E-state index contributed by atoms with van der Waals surface area (Å²) in [6, 6.07) is 14.4. The van der Waals surface area contributed by atoms with E-state index in [4.69, 9.17) is 0 Å². The second-order valence-electron chi connectivity index (χ2n) is 7.16. The van der Waals surface area contributed by atoms with Gasteiger partial charge in [-0.15, -0.1) is 0 Å². The van der Waals surface area contributed by atoms with Crippen molar-refractivity contribution in [2.45, 2.75) is 37.9 Å². The number of aryl methyl sites for hydroxylation is 1. The van der Waals surface area contributed by atoms with Gasteiger partial charge in [-0.3, -0.25) is 14.7 Å². The maximum atomic E-state index is 13.1. The monoisotopic (exact) mass is 350 g/mol. The molecule has 2 atom stereocenters. The van der Waals surface area contributed by atoms with Gasteiger partial charge >= 0.3 is 0 Å². The molecule has 1 aromatic carbocycles. The van der Waals surface area contributed by atoms with Crippen LogP contribution in [0.3, 0.4) is 0 Å². The molecule has 5 nitrogen and oxygen atoms in total. The molecule has 2 aliphatic rings. The molecule has 0 bridgehead atoms. The van der Waals surface area contributed by atoms with Crippen LogP contribution in [0, 0.1) is 0 Å². The van der Waals surface area contributed by atoms with Crippen molar-refractivity contribution in [1.82, 2.24) is 20.5 Å². The van der Waals surface area contributed by atoms with Gasteiger partial charge in [-0.05, 0) is 42.5 Å². The van der Waals surface area contributed by atoms with E-state index in [1.54, 1.807) is 0 Å². The number of carbonyl (C=O) groups excluding carboxylic acids is 1. The first kappa shape index (κ1) is 17.2. The molecular weight excluding hydrogens is 324 g/mol. The summed E-state index contributed by atoms with van der Waals surface area (Å²) >= 11 is 0. The molecule has 1 amide bonds. The largest absolute Gasteiger partial charge is 0.348 e. The molecule has 1 aliphatic heterocycles. The maximum Gasteiger partial charge on any atom is 0.239 e. The van der Waals surface area contributed by atoms with Gasteiger partial charge in [0.05, 0.1) is 11.7 Å². The predicted molar refractivity (Wildman–Crippen MR) is 102 cm³/mol. The van der Waals surface area contributed by atoms with Gasteiger partial charge in [0.15, 0.2) is 0 Å². The van der Waals surface area contributed by atoms with E-state index in [0.29, 0.717) is 13.1 Å². The summed E-state index contributed by atoms with van der Waals surface area (Å²) in [6.07, 6.45) is 5.07. The minimum Gasteiger partial charge on any atom is -0.348 e. The molecule has 2 aromatic rings. The zero-order valence-electron chi connectivity index (χ0n) is 15.0. The van der Waals surface area contributed by atoms with Crippen molar-refractivity contribution in [2.75, 3.05) is 19.6 Å². The quantitative estimate of drug-likeness (QED) is 0.886. The molecule has 2 N–H and O–H groups in total. The molecule has 1 aliphatic carbocycles. The van der Waals surface area contributed by atoms with Gasteiger partial charge in [-0.1, -0.05) is 30.3 Å². The number of nitrogens with one attached hydrogen (secondary N) is 2. The fraction of sp³-hybridized carbons (Fsp3) is 0.429. The number of aromatic nitrogens is 1. The predicted octanol–water partition coefficient (Wildman–Crippen LogP) is 2.05. The zero-order valence-corrected chi connectivity index (χ0v) is 15.0. The summed E-state index contributed by atoms with van der Waals surface area (Å²) in [5.41, 5.74) is 3.67. The minimum atomic E-state index is -0.153. The number of hydrogen-bond donors (Lipinski definition) is 2. The van der Waals surface area contributed by atoms with Gasteiger partial charge in [-0.25, -0.2) is 0 Å². The molecule has 136 valence electrons. The van der Waals surface area contributed by atoms with E-state index >= 15 is 0 Å². The van der Waals surface area contributed by atoms with Crippen LogP contribution in [0.2, 0.25) is 0 Å². The van der Waals surface area contributed by atoms with Gasteiger partial charge in [0, 0.05) is 32.4 Å². The summed E-state index contributed by atoms with van der Waals surface area (Å²) in [4.78, 5) is 19.7. The van der Waals surface area contributed by atoms with Crippen LogP contribution in [0.25, 0.3) is 0 Å². The van der Waals surface area contributed by atoms with E-state index in [0.717, 1.165) is 38.0 Å². The van der Waals surface area contributed by atoms with Crippen molar-refractivity contribution in [3.05, 3.63) is 65.5 Å². The second kappa shape index (κ2) is 7.98. The van der Waals surface area contributed by atoms with Crippen LogP contribution in [-0.4, -0.2) is 41.5 Å². The molecular formula is C21H26N4O. The molecule has 26 heavy (non-hydrogen) atoms. The van der Waals surface area contributed by atoms with E-state index in [-0.39, 0.29) is 18.0 Å². The van der Waals surface area contributed by atoms with E-state index < -0.39 is 0 Å². The third-order valence-electron chi connectivity index (χ3n) is 5.43. The smallest absolute Gasteiger partial charge is 0.239 e.